The highest BCUT2D eigenvalue weighted by atomic mass is 79.9. The Bertz CT molecular complexity index is 1170. The van der Waals surface area contributed by atoms with Crippen LogP contribution in [0.1, 0.15) is 17.6 Å². The molecule has 4 rings (SSSR count). The quantitative estimate of drug-likeness (QED) is 0.196. The Balaban J connectivity index is 0.00000225. The van der Waals surface area contributed by atoms with Crippen molar-refractivity contribution in [2.45, 2.75) is 19.4 Å². The zero-order chi connectivity index (χ0) is 18.8. The van der Waals surface area contributed by atoms with Gasteiger partial charge in [0.1, 0.15) is 18.9 Å². The first-order chi connectivity index (χ1) is 13.1. The summed E-state index contributed by atoms with van der Waals surface area (Å²) in [7, 11) is 0. The fraction of sp³-hybridized carbons (Fsp3) is 0.150. The normalized spacial score (nSPS) is 10.7. The molecule has 28 heavy (non-hydrogen) atoms. The first-order valence-corrected chi connectivity index (χ1v) is 8.66. The summed E-state index contributed by atoms with van der Waals surface area (Å²) in [6.07, 6.45) is 5.45. The van der Waals surface area contributed by atoms with E-state index in [4.69, 9.17) is 0 Å². The number of carbonyl (C=O) groups excluding carboxylic acids is 1. The number of para-hydroxylation sites is 1. The SMILES string of the molecule is O=C(CCC[n+]1cc2ccccc2c2ccccc21)n1ccnc1[N+](=O)[O-].[Br-]. The molecule has 0 aliphatic heterocycles. The molecule has 0 unspecified atom stereocenters. The van der Waals surface area contributed by atoms with Gasteiger partial charge in [-0.25, -0.2) is 0 Å². The van der Waals surface area contributed by atoms with Crippen molar-refractivity contribution in [2.24, 2.45) is 0 Å². The van der Waals surface area contributed by atoms with Crippen molar-refractivity contribution in [2.75, 3.05) is 0 Å². The molecule has 0 N–H and O–H groups in total. The van der Waals surface area contributed by atoms with E-state index in [1.54, 1.807) is 0 Å². The van der Waals surface area contributed by atoms with Crippen molar-refractivity contribution in [1.82, 2.24) is 9.55 Å². The smallest absolute Gasteiger partial charge is 0.441 e. The van der Waals surface area contributed by atoms with E-state index < -0.39 is 10.9 Å². The number of imidazole rings is 1. The van der Waals surface area contributed by atoms with Gasteiger partial charge in [0.2, 0.25) is 5.52 Å². The zero-order valence-electron chi connectivity index (χ0n) is 14.9. The van der Waals surface area contributed by atoms with E-state index in [2.05, 4.69) is 40.0 Å². The first-order valence-electron chi connectivity index (χ1n) is 8.66. The fourth-order valence-electron chi connectivity index (χ4n) is 3.38. The van der Waals surface area contributed by atoms with Crippen LogP contribution in [0.2, 0.25) is 0 Å². The standard InChI is InChI=1S/C20H17N4O3.BrH/c25-19(23-13-11-21-20(23)24(26)27)10-5-12-22-14-15-6-1-2-7-16(15)17-8-3-4-9-18(17)22;/h1-4,6-9,11,13-14H,5,10,12H2;1H/q+1;/p-1. The summed E-state index contributed by atoms with van der Waals surface area (Å²) < 4.78 is 3.14. The molecule has 0 fully saturated rings. The van der Waals surface area contributed by atoms with E-state index in [0.29, 0.717) is 13.0 Å². The summed E-state index contributed by atoms with van der Waals surface area (Å²) in [5.41, 5.74) is 1.09. The molecule has 0 radical (unpaired) electrons. The average molecular weight is 441 g/mol. The molecule has 8 heteroatoms. The Hall–Kier alpha value is -3.13. The second-order valence-corrected chi connectivity index (χ2v) is 6.28. The van der Waals surface area contributed by atoms with E-state index in [1.165, 1.54) is 17.8 Å². The number of aromatic nitrogens is 3. The van der Waals surface area contributed by atoms with Gasteiger partial charge in [0.05, 0.1) is 5.39 Å². The number of hydrogen-bond acceptors (Lipinski definition) is 4. The number of nitro groups is 1. The lowest BCUT2D eigenvalue weighted by Gasteiger charge is -2.05. The van der Waals surface area contributed by atoms with Crippen LogP contribution in [0.5, 0.6) is 0 Å². The molecule has 142 valence electrons. The molecule has 0 saturated carbocycles. The zero-order valence-corrected chi connectivity index (χ0v) is 16.4. The molecule has 0 bridgehead atoms. The van der Waals surface area contributed by atoms with Crippen LogP contribution in [0.15, 0.2) is 67.1 Å². The molecule has 2 aromatic heterocycles. The van der Waals surface area contributed by atoms with Crippen LogP contribution in [0.4, 0.5) is 5.95 Å². The highest BCUT2D eigenvalue weighted by Gasteiger charge is 2.21. The lowest BCUT2D eigenvalue weighted by Crippen LogP contribution is -3.00. The molecule has 0 aliphatic rings. The number of nitrogens with zero attached hydrogens (tertiary/aromatic N) is 4. The second-order valence-electron chi connectivity index (χ2n) is 6.28. The van der Waals surface area contributed by atoms with Crippen molar-refractivity contribution in [3.63, 3.8) is 0 Å². The van der Waals surface area contributed by atoms with Gasteiger partial charge >= 0.3 is 5.95 Å². The van der Waals surface area contributed by atoms with Crippen LogP contribution in [0.3, 0.4) is 0 Å². The number of pyridine rings is 1. The number of fused-ring (bicyclic) bond motifs is 3. The molecule has 4 aromatic rings. The van der Waals surface area contributed by atoms with Gasteiger partial charge in [-0.1, -0.05) is 35.3 Å². The van der Waals surface area contributed by atoms with Crippen molar-refractivity contribution < 1.29 is 31.3 Å². The minimum Gasteiger partial charge on any atom is -1.00 e. The van der Waals surface area contributed by atoms with Crippen LogP contribution in [-0.2, 0) is 6.54 Å². The predicted molar refractivity (Wildman–Crippen MR) is 100 cm³/mol. The Morgan fingerprint density at radius 3 is 2.61 bits per heavy atom. The van der Waals surface area contributed by atoms with Gasteiger partial charge < -0.3 is 27.1 Å². The highest BCUT2D eigenvalue weighted by molar-refractivity contribution is 6.03. The molecule has 2 heterocycles. The lowest BCUT2D eigenvalue weighted by molar-refractivity contribution is -0.670. The predicted octanol–water partition coefficient (Wildman–Crippen LogP) is 0.510. The topological polar surface area (TPSA) is 81.9 Å². The number of carbonyl (C=O) groups is 1. The number of aryl methyl sites for hydroxylation is 1. The fourth-order valence-corrected chi connectivity index (χ4v) is 3.38. The van der Waals surface area contributed by atoms with Crippen molar-refractivity contribution in [1.29, 1.82) is 0 Å². The molecule has 2 aromatic carbocycles. The third kappa shape index (κ3) is 3.63. The molecule has 0 aliphatic carbocycles. The molecule has 0 amide bonds. The van der Waals surface area contributed by atoms with Crippen LogP contribution in [-0.4, -0.2) is 20.4 Å². The van der Waals surface area contributed by atoms with Crippen LogP contribution < -0.4 is 21.5 Å². The van der Waals surface area contributed by atoms with Gasteiger partial charge in [0.25, 0.3) is 5.91 Å². The Kier molecular flexibility index (Phi) is 5.79. The largest absolute Gasteiger partial charge is 1.00 e. The summed E-state index contributed by atoms with van der Waals surface area (Å²) in [4.78, 5) is 26.2. The maximum atomic E-state index is 12.3. The number of hydrogen-bond donors (Lipinski definition) is 0. The van der Waals surface area contributed by atoms with Crippen LogP contribution in [0, 0.1) is 10.1 Å². The summed E-state index contributed by atoms with van der Waals surface area (Å²) in [5, 5.41) is 14.4. The number of benzene rings is 2. The third-order valence-electron chi connectivity index (χ3n) is 4.60. The second kappa shape index (κ2) is 8.26. The van der Waals surface area contributed by atoms with Crippen molar-refractivity contribution in [3.05, 3.63) is 77.2 Å². The third-order valence-corrected chi connectivity index (χ3v) is 4.60. The maximum absolute atomic E-state index is 12.3. The van der Waals surface area contributed by atoms with Gasteiger partial charge in [-0.3, -0.25) is 4.79 Å². The van der Waals surface area contributed by atoms with Gasteiger partial charge in [0, 0.05) is 29.7 Å². The van der Waals surface area contributed by atoms with Crippen LogP contribution in [0.25, 0.3) is 21.7 Å². The molecular weight excluding hydrogens is 424 g/mol. The average Bonchev–Trinajstić information content (AvgIpc) is 3.18. The van der Waals surface area contributed by atoms with Crippen molar-refractivity contribution >= 4 is 33.5 Å². The number of rotatable bonds is 5. The number of halogens is 1. The molecule has 0 saturated heterocycles. The molecule has 0 spiro atoms. The first kappa shape index (κ1) is 19.6. The van der Waals surface area contributed by atoms with Crippen LogP contribution >= 0.6 is 0 Å². The molecule has 0 atom stereocenters. The maximum Gasteiger partial charge on any atom is 0.441 e. The lowest BCUT2D eigenvalue weighted by atomic mass is 10.1. The minimum absolute atomic E-state index is 0. The molecule has 7 nitrogen and oxygen atoms in total. The van der Waals surface area contributed by atoms with Gasteiger partial charge in [0.15, 0.2) is 6.20 Å². The van der Waals surface area contributed by atoms with Gasteiger partial charge in [-0.05, 0) is 17.1 Å². The summed E-state index contributed by atoms with van der Waals surface area (Å²) in [6.45, 7) is 0.638. The van der Waals surface area contributed by atoms with Crippen molar-refractivity contribution in [3.8, 4) is 0 Å². The van der Waals surface area contributed by atoms with E-state index in [1.807, 2.05) is 24.3 Å². The van der Waals surface area contributed by atoms with E-state index in [0.717, 1.165) is 20.9 Å². The van der Waals surface area contributed by atoms with Gasteiger partial charge in [-0.15, -0.1) is 0 Å². The minimum atomic E-state index is -0.649. The summed E-state index contributed by atoms with van der Waals surface area (Å²) in [5.74, 6) is -0.770. The Morgan fingerprint density at radius 1 is 1.11 bits per heavy atom. The molecular formula is C20H17BrN4O3. The highest BCUT2D eigenvalue weighted by Crippen LogP contribution is 2.22. The van der Waals surface area contributed by atoms with E-state index in [-0.39, 0.29) is 29.3 Å². The van der Waals surface area contributed by atoms with Gasteiger partial charge in [-0.2, -0.15) is 9.13 Å². The summed E-state index contributed by atoms with van der Waals surface area (Å²) in [6, 6.07) is 16.4. The monoisotopic (exact) mass is 440 g/mol. The Labute approximate surface area is 171 Å². The van der Waals surface area contributed by atoms with E-state index in [9.17, 15) is 14.9 Å². The summed E-state index contributed by atoms with van der Waals surface area (Å²) >= 11 is 0. The Morgan fingerprint density at radius 2 is 1.82 bits per heavy atom. The van der Waals surface area contributed by atoms with E-state index >= 15 is 0 Å².